The smallest absolute Gasteiger partial charge is 0.316 e. The van der Waals surface area contributed by atoms with Gasteiger partial charge in [0.25, 0.3) is 5.91 Å². The van der Waals surface area contributed by atoms with Crippen LogP contribution in [-0.4, -0.2) is 35.1 Å². The van der Waals surface area contributed by atoms with Crippen molar-refractivity contribution in [2.24, 2.45) is 21.3 Å². The van der Waals surface area contributed by atoms with E-state index in [2.05, 4.69) is 23.2 Å². The number of benzene rings is 1. The molecule has 2 aliphatic carbocycles. The Morgan fingerprint density at radius 2 is 2.00 bits per heavy atom. The maximum absolute atomic E-state index is 13.1. The number of hydrogen-bond donors (Lipinski definition) is 0. The molecule has 1 amide bonds. The van der Waals surface area contributed by atoms with E-state index in [4.69, 9.17) is 9.73 Å². The minimum absolute atomic E-state index is 0.0522. The van der Waals surface area contributed by atoms with Crippen LogP contribution in [0.25, 0.3) is 0 Å². The van der Waals surface area contributed by atoms with E-state index in [0.29, 0.717) is 11.8 Å². The van der Waals surface area contributed by atoms with Crippen molar-refractivity contribution >= 4 is 34.5 Å². The van der Waals surface area contributed by atoms with Crippen LogP contribution in [-0.2, 0) is 20.7 Å². The molecular weight excluding hydrogens is 360 g/mol. The monoisotopic (exact) mass is 384 g/mol. The fourth-order valence-corrected chi connectivity index (χ4v) is 5.40. The normalized spacial score (nSPS) is 23.1. The van der Waals surface area contributed by atoms with E-state index in [9.17, 15) is 9.59 Å². The molecule has 0 N–H and O–H groups in total. The molecule has 1 atom stereocenters. The number of aliphatic imine (C=N–C) groups is 2. The highest BCUT2D eigenvalue weighted by molar-refractivity contribution is 8.14. The van der Waals surface area contributed by atoms with E-state index in [1.807, 2.05) is 6.07 Å². The van der Waals surface area contributed by atoms with Gasteiger partial charge in [-0.3, -0.25) is 9.59 Å². The lowest BCUT2D eigenvalue weighted by atomic mass is 9.57. The SMILES string of the molecule is CCOC(=O)CSC1=NC(=O)C2C(=N1)c1ccccc1CC21CCCCC1. The van der Waals surface area contributed by atoms with Crippen LogP contribution in [0.1, 0.15) is 50.2 Å². The Bertz CT molecular complexity index is 824. The van der Waals surface area contributed by atoms with Crippen LogP contribution in [0, 0.1) is 11.3 Å². The zero-order valence-corrected chi connectivity index (χ0v) is 16.4. The number of esters is 1. The van der Waals surface area contributed by atoms with Gasteiger partial charge in [-0.05, 0) is 37.2 Å². The third-order valence-corrected chi connectivity index (χ3v) is 6.69. The molecule has 0 radical (unpaired) electrons. The second kappa shape index (κ2) is 7.58. The molecule has 1 aromatic carbocycles. The summed E-state index contributed by atoms with van der Waals surface area (Å²) in [6.07, 6.45) is 6.59. The number of amides is 1. The molecule has 0 aromatic heterocycles. The summed E-state index contributed by atoms with van der Waals surface area (Å²) in [7, 11) is 0. The average Bonchev–Trinajstić information content (AvgIpc) is 2.67. The summed E-state index contributed by atoms with van der Waals surface area (Å²) in [5, 5.41) is 0.377. The van der Waals surface area contributed by atoms with Gasteiger partial charge in [0.1, 0.15) is 0 Å². The quantitative estimate of drug-likeness (QED) is 0.744. The Labute approximate surface area is 163 Å². The first-order valence-electron chi connectivity index (χ1n) is 9.71. The molecule has 1 aromatic rings. The van der Waals surface area contributed by atoms with Crippen molar-refractivity contribution in [1.29, 1.82) is 0 Å². The van der Waals surface area contributed by atoms with Crippen molar-refractivity contribution in [2.45, 2.75) is 45.4 Å². The summed E-state index contributed by atoms with van der Waals surface area (Å²) in [6, 6.07) is 8.28. The van der Waals surface area contributed by atoms with Gasteiger partial charge in [-0.25, -0.2) is 4.99 Å². The maximum Gasteiger partial charge on any atom is 0.316 e. The lowest BCUT2D eigenvalue weighted by molar-refractivity contribution is -0.139. The number of ether oxygens (including phenoxy) is 1. The van der Waals surface area contributed by atoms with E-state index >= 15 is 0 Å². The van der Waals surface area contributed by atoms with Crippen molar-refractivity contribution in [3.8, 4) is 0 Å². The van der Waals surface area contributed by atoms with Crippen LogP contribution < -0.4 is 0 Å². The van der Waals surface area contributed by atoms with Crippen LogP contribution in [0.15, 0.2) is 34.3 Å². The highest BCUT2D eigenvalue weighted by atomic mass is 32.2. The minimum Gasteiger partial charge on any atom is -0.465 e. The molecule has 27 heavy (non-hydrogen) atoms. The Balaban J connectivity index is 1.69. The Morgan fingerprint density at radius 3 is 2.78 bits per heavy atom. The van der Waals surface area contributed by atoms with Gasteiger partial charge >= 0.3 is 5.97 Å². The molecule has 1 heterocycles. The van der Waals surface area contributed by atoms with E-state index < -0.39 is 0 Å². The lowest BCUT2D eigenvalue weighted by Crippen LogP contribution is -2.49. The second-order valence-electron chi connectivity index (χ2n) is 7.51. The molecule has 0 saturated heterocycles. The molecule has 1 spiro atoms. The van der Waals surface area contributed by atoms with Gasteiger partial charge in [-0.2, -0.15) is 4.99 Å². The summed E-state index contributed by atoms with van der Waals surface area (Å²) in [6.45, 7) is 2.12. The number of carbonyl (C=O) groups is 2. The van der Waals surface area contributed by atoms with Crippen LogP contribution in [0.4, 0.5) is 0 Å². The first-order chi connectivity index (χ1) is 13.1. The maximum atomic E-state index is 13.1. The molecule has 4 rings (SSSR count). The summed E-state index contributed by atoms with van der Waals surface area (Å²) in [5.41, 5.74) is 3.14. The van der Waals surface area contributed by atoms with Gasteiger partial charge in [0.15, 0.2) is 5.17 Å². The third kappa shape index (κ3) is 3.47. The molecule has 0 bridgehead atoms. The topological polar surface area (TPSA) is 68.1 Å². The van der Waals surface area contributed by atoms with Crippen LogP contribution >= 0.6 is 11.8 Å². The lowest BCUT2D eigenvalue weighted by Gasteiger charge is -2.47. The molecule has 6 heteroatoms. The van der Waals surface area contributed by atoms with Crippen LogP contribution in [0.2, 0.25) is 0 Å². The van der Waals surface area contributed by atoms with Gasteiger partial charge < -0.3 is 4.74 Å². The molecule has 1 unspecified atom stereocenters. The van der Waals surface area contributed by atoms with Gasteiger partial charge in [-0.15, -0.1) is 0 Å². The number of hydrogen-bond acceptors (Lipinski definition) is 5. The number of rotatable bonds is 3. The standard InChI is InChI=1S/C21H24N2O3S/c1-2-26-16(24)13-27-20-22-18-15-9-5-4-8-14(15)12-21(10-6-3-7-11-21)17(18)19(25)23-20/h4-5,8-9,17H,2-3,6-7,10-13H2,1H3. The fraction of sp³-hybridized carbons (Fsp3) is 0.524. The van der Waals surface area contributed by atoms with Gasteiger partial charge in [-0.1, -0.05) is 55.3 Å². The average molecular weight is 385 g/mol. The van der Waals surface area contributed by atoms with E-state index in [1.54, 1.807) is 6.92 Å². The van der Waals surface area contributed by atoms with Gasteiger partial charge in [0.2, 0.25) is 0 Å². The summed E-state index contributed by atoms with van der Waals surface area (Å²) in [5.74, 6) is -0.538. The summed E-state index contributed by atoms with van der Waals surface area (Å²) in [4.78, 5) is 33.8. The van der Waals surface area contributed by atoms with E-state index in [0.717, 1.165) is 43.4 Å². The zero-order valence-electron chi connectivity index (χ0n) is 15.6. The predicted octanol–water partition coefficient (Wildman–Crippen LogP) is 3.79. The Hall–Kier alpha value is -1.95. The van der Waals surface area contributed by atoms with Crippen molar-refractivity contribution in [2.75, 3.05) is 12.4 Å². The molecule has 1 saturated carbocycles. The van der Waals surface area contributed by atoms with Crippen LogP contribution in [0.5, 0.6) is 0 Å². The molecule has 142 valence electrons. The number of carbonyl (C=O) groups excluding carboxylic acids is 2. The van der Waals surface area contributed by atoms with E-state index in [1.165, 1.54) is 23.7 Å². The predicted molar refractivity (Wildman–Crippen MR) is 107 cm³/mol. The third-order valence-electron chi connectivity index (χ3n) is 5.86. The Kier molecular flexibility index (Phi) is 5.17. The first-order valence-corrected chi connectivity index (χ1v) is 10.7. The number of nitrogens with zero attached hydrogens (tertiary/aromatic N) is 2. The van der Waals surface area contributed by atoms with E-state index in [-0.39, 0.29) is 29.0 Å². The number of fused-ring (bicyclic) bond motifs is 4. The van der Waals surface area contributed by atoms with Gasteiger partial charge in [0.05, 0.1) is 24.0 Å². The highest BCUT2D eigenvalue weighted by Crippen LogP contribution is 2.51. The number of amidine groups is 1. The first kappa shape index (κ1) is 18.4. The van der Waals surface area contributed by atoms with Crippen molar-refractivity contribution in [3.63, 3.8) is 0 Å². The van der Waals surface area contributed by atoms with Crippen molar-refractivity contribution < 1.29 is 14.3 Å². The fourth-order valence-electron chi connectivity index (χ4n) is 4.75. The minimum atomic E-state index is -0.312. The molecule has 5 nitrogen and oxygen atoms in total. The molecular formula is C21H24N2O3S. The van der Waals surface area contributed by atoms with Gasteiger partial charge in [0, 0.05) is 5.56 Å². The Morgan fingerprint density at radius 1 is 1.22 bits per heavy atom. The van der Waals surface area contributed by atoms with Crippen molar-refractivity contribution in [3.05, 3.63) is 35.4 Å². The summed E-state index contributed by atoms with van der Waals surface area (Å²) < 4.78 is 4.96. The second-order valence-corrected chi connectivity index (χ2v) is 8.46. The number of thioether (sulfide) groups is 1. The summed E-state index contributed by atoms with van der Waals surface area (Å²) >= 11 is 1.18. The zero-order chi connectivity index (χ0) is 18.9. The van der Waals surface area contributed by atoms with Crippen molar-refractivity contribution in [1.82, 2.24) is 0 Å². The molecule has 1 aliphatic heterocycles. The largest absolute Gasteiger partial charge is 0.465 e. The molecule has 1 fully saturated rings. The highest BCUT2D eigenvalue weighted by Gasteiger charge is 2.51. The van der Waals surface area contributed by atoms with Crippen LogP contribution in [0.3, 0.4) is 0 Å². The molecule has 3 aliphatic rings.